The lowest BCUT2D eigenvalue weighted by Gasteiger charge is -2.35. The van der Waals surface area contributed by atoms with E-state index >= 15 is 0 Å². The molecule has 0 atom stereocenters. The first kappa shape index (κ1) is 23.4. The third kappa shape index (κ3) is 4.64. The van der Waals surface area contributed by atoms with Crippen molar-refractivity contribution < 1.29 is 31.7 Å². The molecule has 1 saturated heterocycles. The van der Waals surface area contributed by atoms with Crippen molar-refractivity contribution in [2.75, 3.05) is 43.4 Å². The number of aryl methyl sites for hydroxylation is 1. The maximum Gasteiger partial charge on any atom is 0.419 e. The zero-order chi connectivity index (χ0) is 24.6. The van der Waals surface area contributed by atoms with E-state index < -0.39 is 29.5 Å². The first-order chi connectivity index (χ1) is 16.0. The summed E-state index contributed by atoms with van der Waals surface area (Å²) in [6.07, 6.45) is -3.69. The number of nitrogens with zero attached hydrogens (tertiary/aromatic N) is 4. The van der Waals surface area contributed by atoms with Crippen LogP contribution < -0.4 is 15.5 Å². The number of pyridine rings is 1. The lowest BCUT2D eigenvalue weighted by Crippen LogP contribution is -2.45. The quantitative estimate of drug-likeness (QED) is 0.554. The van der Waals surface area contributed by atoms with Gasteiger partial charge in [-0.15, -0.1) is 0 Å². The number of aromatic nitrogens is 2. The van der Waals surface area contributed by atoms with Crippen molar-refractivity contribution in [1.82, 2.24) is 20.4 Å². The molecule has 3 aromatic rings. The minimum Gasteiger partial charge on any atom is -0.368 e. The van der Waals surface area contributed by atoms with Crippen molar-refractivity contribution in [1.29, 1.82) is 0 Å². The van der Waals surface area contributed by atoms with Gasteiger partial charge in [0.15, 0.2) is 0 Å². The number of anilines is 2. The van der Waals surface area contributed by atoms with Crippen LogP contribution in [0.1, 0.15) is 21.6 Å². The first-order valence-electron chi connectivity index (χ1n) is 10.2. The number of piperazine rings is 1. The molecule has 3 heterocycles. The third-order valence-electron chi connectivity index (χ3n) is 5.47. The van der Waals surface area contributed by atoms with E-state index in [4.69, 9.17) is 4.52 Å². The molecule has 4 rings (SSSR count). The standard InChI is InChI=1S/C21H20F4N6O3/c1-11-16-17(31-7-5-30(2)6-8-31)13(10-26-19(16)34-29-11)18(32)28-20(33)27-12-3-4-15(22)14(9-12)21(23,24)25/h3-4,9-10H,5-8H2,1-2H3,(H2,27,28,32,33). The van der Waals surface area contributed by atoms with E-state index in [0.717, 1.165) is 19.2 Å². The van der Waals surface area contributed by atoms with Crippen LogP contribution in [0.5, 0.6) is 0 Å². The Morgan fingerprint density at radius 1 is 1.15 bits per heavy atom. The second-order valence-corrected chi connectivity index (χ2v) is 7.86. The fraction of sp³-hybridized carbons (Fsp3) is 0.333. The molecule has 0 radical (unpaired) electrons. The number of urea groups is 1. The molecule has 2 aromatic heterocycles. The van der Waals surface area contributed by atoms with E-state index in [0.29, 0.717) is 42.0 Å². The number of carbonyl (C=O) groups is 2. The third-order valence-corrected chi connectivity index (χ3v) is 5.47. The molecule has 0 aliphatic carbocycles. The second-order valence-electron chi connectivity index (χ2n) is 7.86. The smallest absolute Gasteiger partial charge is 0.368 e. The summed E-state index contributed by atoms with van der Waals surface area (Å²) in [7, 11) is 1.97. The van der Waals surface area contributed by atoms with Gasteiger partial charge in [-0.3, -0.25) is 10.1 Å². The lowest BCUT2D eigenvalue weighted by molar-refractivity contribution is -0.139. The molecule has 1 aliphatic rings. The van der Waals surface area contributed by atoms with Crippen LogP contribution in [0, 0.1) is 12.7 Å². The van der Waals surface area contributed by atoms with Crippen molar-refractivity contribution >= 4 is 34.4 Å². The van der Waals surface area contributed by atoms with Gasteiger partial charge in [0.2, 0.25) is 0 Å². The number of benzene rings is 1. The van der Waals surface area contributed by atoms with Gasteiger partial charge in [-0.1, -0.05) is 5.16 Å². The summed E-state index contributed by atoms with van der Waals surface area (Å²) in [6.45, 7) is 4.38. The average molecular weight is 480 g/mol. The summed E-state index contributed by atoms with van der Waals surface area (Å²) in [5.41, 5.74) is -0.537. The SMILES string of the molecule is Cc1noc2ncc(C(=O)NC(=O)Nc3ccc(F)c(C(F)(F)F)c3)c(N3CCN(C)CC3)c12. The highest BCUT2D eigenvalue weighted by molar-refractivity contribution is 6.13. The van der Waals surface area contributed by atoms with Gasteiger partial charge in [-0.05, 0) is 32.2 Å². The van der Waals surface area contributed by atoms with E-state index in [1.807, 2.05) is 11.9 Å². The zero-order valence-electron chi connectivity index (χ0n) is 18.2. The number of nitrogens with one attached hydrogen (secondary N) is 2. The van der Waals surface area contributed by atoms with Crippen LogP contribution in [-0.4, -0.2) is 60.2 Å². The number of hydrogen-bond acceptors (Lipinski definition) is 7. The van der Waals surface area contributed by atoms with Crippen LogP contribution in [0.2, 0.25) is 0 Å². The topological polar surface area (TPSA) is 104 Å². The molecular weight excluding hydrogens is 460 g/mol. The number of likely N-dealkylation sites (N-methyl/N-ethyl adjacent to an activating group) is 1. The van der Waals surface area contributed by atoms with E-state index in [2.05, 4.69) is 25.7 Å². The Bertz CT molecular complexity index is 1250. The van der Waals surface area contributed by atoms with Crippen molar-refractivity contribution in [3.63, 3.8) is 0 Å². The minimum absolute atomic E-state index is 0.0774. The normalized spacial score (nSPS) is 14.9. The molecule has 13 heteroatoms. The Morgan fingerprint density at radius 3 is 2.53 bits per heavy atom. The van der Waals surface area contributed by atoms with Gasteiger partial charge >= 0.3 is 12.2 Å². The van der Waals surface area contributed by atoms with Gasteiger partial charge in [0.05, 0.1) is 27.9 Å². The molecule has 0 bridgehead atoms. The Kier molecular flexibility index (Phi) is 6.13. The summed E-state index contributed by atoms with van der Waals surface area (Å²) in [5.74, 6) is -2.30. The number of rotatable bonds is 3. The molecule has 0 unspecified atom stereocenters. The number of amides is 3. The van der Waals surface area contributed by atoms with Gasteiger partial charge in [0.25, 0.3) is 11.6 Å². The van der Waals surface area contributed by atoms with E-state index in [1.165, 1.54) is 6.20 Å². The van der Waals surface area contributed by atoms with Crippen LogP contribution in [0.25, 0.3) is 11.1 Å². The molecule has 0 saturated carbocycles. The Balaban J connectivity index is 1.59. The number of hydrogen-bond donors (Lipinski definition) is 2. The van der Waals surface area contributed by atoms with Crippen LogP contribution in [-0.2, 0) is 6.18 Å². The highest BCUT2D eigenvalue weighted by Crippen LogP contribution is 2.34. The zero-order valence-corrected chi connectivity index (χ0v) is 18.2. The average Bonchev–Trinajstić information content (AvgIpc) is 3.15. The van der Waals surface area contributed by atoms with Crippen LogP contribution >= 0.6 is 0 Å². The van der Waals surface area contributed by atoms with Crippen LogP contribution in [0.4, 0.5) is 33.7 Å². The van der Waals surface area contributed by atoms with Crippen LogP contribution in [0.15, 0.2) is 28.9 Å². The predicted molar refractivity (Wildman–Crippen MR) is 114 cm³/mol. The lowest BCUT2D eigenvalue weighted by atomic mass is 10.1. The summed E-state index contributed by atoms with van der Waals surface area (Å²) in [4.78, 5) is 33.6. The maximum atomic E-state index is 13.5. The molecule has 34 heavy (non-hydrogen) atoms. The van der Waals surface area contributed by atoms with E-state index in [9.17, 15) is 27.2 Å². The second kappa shape index (κ2) is 8.89. The molecule has 2 N–H and O–H groups in total. The highest BCUT2D eigenvalue weighted by atomic mass is 19.4. The molecule has 180 valence electrons. The fourth-order valence-corrected chi connectivity index (χ4v) is 3.72. The summed E-state index contributed by atoms with van der Waals surface area (Å²) < 4.78 is 57.5. The first-order valence-corrected chi connectivity index (χ1v) is 10.2. The summed E-state index contributed by atoms with van der Waals surface area (Å²) >= 11 is 0. The fourth-order valence-electron chi connectivity index (χ4n) is 3.72. The predicted octanol–water partition coefficient (Wildman–Crippen LogP) is 3.40. The highest BCUT2D eigenvalue weighted by Gasteiger charge is 2.34. The van der Waals surface area contributed by atoms with Gasteiger partial charge in [-0.25, -0.2) is 14.2 Å². The Morgan fingerprint density at radius 2 is 1.85 bits per heavy atom. The summed E-state index contributed by atoms with van der Waals surface area (Å²) in [6, 6.07) is 0.899. The minimum atomic E-state index is -4.94. The van der Waals surface area contributed by atoms with Crippen molar-refractivity contribution in [2.45, 2.75) is 13.1 Å². The van der Waals surface area contributed by atoms with Crippen molar-refractivity contribution in [3.8, 4) is 0 Å². The molecule has 1 fully saturated rings. The molecular formula is C21H20F4N6O3. The summed E-state index contributed by atoms with van der Waals surface area (Å²) in [5, 5.41) is 8.66. The van der Waals surface area contributed by atoms with Crippen molar-refractivity contribution in [3.05, 3.63) is 47.0 Å². The van der Waals surface area contributed by atoms with Gasteiger partial charge in [0.1, 0.15) is 5.82 Å². The molecule has 3 amide bonds. The molecule has 0 spiro atoms. The number of carbonyl (C=O) groups excluding carboxylic acids is 2. The molecule has 1 aliphatic heterocycles. The largest absolute Gasteiger partial charge is 0.419 e. The van der Waals surface area contributed by atoms with E-state index in [1.54, 1.807) is 6.92 Å². The van der Waals surface area contributed by atoms with Gasteiger partial charge in [-0.2, -0.15) is 13.2 Å². The van der Waals surface area contributed by atoms with Crippen molar-refractivity contribution in [2.24, 2.45) is 0 Å². The van der Waals surface area contributed by atoms with Crippen LogP contribution in [0.3, 0.4) is 0 Å². The number of imide groups is 1. The van der Waals surface area contributed by atoms with Gasteiger partial charge < -0.3 is 19.6 Å². The number of alkyl halides is 3. The maximum absolute atomic E-state index is 13.5. The number of fused-ring (bicyclic) bond motifs is 1. The Hall–Kier alpha value is -3.74. The molecule has 9 nitrogen and oxygen atoms in total. The monoisotopic (exact) mass is 480 g/mol. The number of halogens is 4. The Labute approximate surface area is 190 Å². The van der Waals surface area contributed by atoms with E-state index in [-0.39, 0.29) is 17.0 Å². The van der Waals surface area contributed by atoms with Gasteiger partial charge in [0, 0.05) is 38.1 Å². The molecule has 1 aromatic carbocycles.